The molecule has 3 amide bonds. The zero-order valence-electron chi connectivity index (χ0n) is 22.5. The normalized spacial score (nSPS) is 11.0. The minimum absolute atomic E-state index is 0.00689. The number of aryl methyl sites for hydroxylation is 1. The Kier molecular flexibility index (Phi) is 10.1. The van der Waals surface area contributed by atoms with Crippen molar-refractivity contribution in [1.82, 2.24) is 15.5 Å². The number of nitrogens with one attached hydrogen (secondary N) is 3. The fourth-order valence-electron chi connectivity index (χ4n) is 3.53. The van der Waals surface area contributed by atoms with Crippen molar-refractivity contribution in [3.8, 4) is 11.5 Å². The third-order valence-corrected chi connectivity index (χ3v) is 7.29. The molecule has 4 rings (SSSR count). The van der Waals surface area contributed by atoms with E-state index in [1.807, 2.05) is 6.92 Å². The molecule has 0 aliphatic heterocycles. The van der Waals surface area contributed by atoms with Gasteiger partial charge in [-0.1, -0.05) is 29.5 Å². The van der Waals surface area contributed by atoms with Gasteiger partial charge in [-0.2, -0.15) is 0 Å². The molecule has 0 unspecified atom stereocenters. The number of thioether (sulfide) groups is 1. The lowest BCUT2D eigenvalue weighted by atomic mass is 10.1. The number of amides is 3. The highest BCUT2D eigenvalue weighted by Crippen LogP contribution is 2.27. The van der Waals surface area contributed by atoms with Crippen molar-refractivity contribution in [2.45, 2.75) is 11.8 Å². The molecule has 12 heteroatoms. The van der Waals surface area contributed by atoms with Crippen LogP contribution in [0.5, 0.6) is 11.5 Å². The second-order valence-corrected chi connectivity index (χ2v) is 10.7. The van der Waals surface area contributed by atoms with Gasteiger partial charge in [0.1, 0.15) is 22.2 Å². The molecule has 0 atom stereocenters. The van der Waals surface area contributed by atoms with Crippen molar-refractivity contribution in [3.05, 3.63) is 94.6 Å². The van der Waals surface area contributed by atoms with Crippen LogP contribution in [-0.2, 0) is 9.59 Å². The average Bonchev–Trinajstić information content (AvgIpc) is 3.40. The lowest BCUT2D eigenvalue weighted by molar-refractivity contribution is -0.114. The largest absolute Gasteiger partial charge is 0.497 e. The summed E-state index contributed by atoms with van der Waals surface area (Å²) in [6.45, 7) is 1.81. The number of rotatable bonds is 11. The topological polar surface area (TPSA) is 132 Å². The van der Waals surface area contributed by atoms with Crippen molar-refractivity contribution in [3.63, 3.8) is 0 Å². The first kappa shape index (κ1) is 29.3. The molecule has 0 aliphatic rings. The summed E-state index contributed by atoms with van der Waals surface area (Å²) in [6.07, 6.45) is 1.53. The zero-order valence-corrected chi connectivity index (χ0v) is 24.1. The van der Waals surface area contributed by atoms with Crippen molar-refractivity contribution in [2.24, 2.45) is 0 Å². The number of anilines is 2. The molecule has 1 heterocycles. The van der Waals surface area contributed by atoms with E-state index in [9.17, 15) is 14.4 Å². The van der Waals surface area contributed by atoms with Gasteiger partial charge in [0.15, 0.2) is 0 Å². The fraction of sp³-hybridized carbons (Fsp3) is 0.138. The molecule has 41 heavy (non-hydrogen) atoms. The summed E-state index contributed by atoms with van der Waals surface area (Å²) in [4.78, 5) is 39.4. The van der Waals surface area contributed by atoms with Gasteiger partial charge in [-0.05, 0) is 67.6 Å². The third-order valence-electron chi connectivity index (χ3n) is 5.52. The highest BCUT2D eigenvalue weighted by Gasteiger charge is 2.17. The SMILES string of the molecule is COc1ccc(OC)c(/C=C(\NC(=O)c2ccccc2)C(=O)Nc2ccc(SCC(=O)Nc3nnc(C)s3)cc2)c1. The maximum Gasteiger partial charge on any atom is 0.272 e. The Morgan fingerprint density at radius 2 is 1.68 bits per heavy atom. The van der Waals surface area contributed by atoms with Crippen LogP contribution in [0.1, 0.15) is 20.9 Å². The van der Waals surface area contributed by atoms with Gasteiger partial charge in [0, 0.05) is 21.7 Å². The van der Waals surface area contributed by atoms with Crippen LogP contribution < -0.4 is 25.4 Å². The summed E-state index contributed by atoms with van der Waals surface area (Å²) in [5, 5.41) is 17.2. The molecule has 0 radical (unpaired) electrons. The average molecular weight is 590 g/mol. The van der Waals surface area contributed by atoms with Gasteiger partial charge in [0.2, 0.25) is 11.0 Å². The van der Waals surface area contributed by atoms with E-state index in [1.165, 1.54) is 43.4 Å². The first-order valence-corrected chi connectivity index (χ1v) is 14.1. The van der Waals surface area contributed by atoms with Crippen molar-refractivity contribution in [2.75, 3.05) is 30.6 Å². The highest BCUT2D eigenvalue weighted by atomic mass is 32.2. The van der Waals surface area contributed by atoms with Crippen LogP contribution in [-0.4, -0.2) is 47.9 Å². The number of ether oxygens (including phenoxy) is 2. The Morgan fingerprint density at radius 3 is 2.34 bits per heavy atom. The molecule has 0 saturated heterocycles. The molecule has 1 aromatic heterocycles. The molecule has 3 N–H and O–H groups in total. The number of nitrogens with zero attached hydrogens (tertiary/aromatic N) is 2. The van der Waals surface area contributed by atoms with Crippen LogP contribution in [0.4, 0.5) is 10.8 Å². The predicted molar refractivity (Wildman–Crippen MR) is 161 cm³/mol. The molecule has 10 nitrogen and oxygen atoms in total. The van der Waals surface area contributed by atoms with E-state index in [2.05, 4.69) is 26.1 Å². The molecule has 0 bridgehead atoms. The van der Waals surface area contributed by atoms with Gasteiger partial charge < -0.3 is 20.1 Å². The Labute approximate surface area is 245 Å². The number of aromatic nitrogens is 2. The van der Waals surface area contributed by atoms with E-state index in [0.29, 0.717) is 33.4 Å². The Bertz CT molecular complexity index is 1560. The van der Waals surface area contributed by atoms with E-state index in [0.717, 1.165) is 9.90 Å². The van der Waals surface area contributed by atoms with E-state index < -0.39 is 11.8 Å². The number of carbonyl (C=O) groups excluding carboxylic acids is 3. The lowest BCUT2D eigenvalue weighted by Crippen LogP contribution is -2.30. The quantitative estimate of drug-likeness (QED) is 0.164. The van der Waals surface area contributed by atoms with E-state index >= 15 is 0 Å². The number of hydrogen-bond acceptors (Lipinski definition) is 9. The van der Waals surface area contributed by atoms with Crippen molar-refractivity contribution >= 4 is 57.7 Å². The molecular weight excluding hydrogens is 562 g/mol. The Hall–Kier alpha value is -4.68. The summed E-state index contributed by atoms with van der Waals surface area (Å²) >= 11 is 2.65. The zero-order chi connectivity index (χ0) is 29.2. The Balaban J connectivity index is 1.47. The lowest BCUT2D eigenvalue weighted by Gasteiger charge is -2.13. The van der Waals surface area contributed by atoms with Crippen LogP contribution in [0.2, 0.25) is 0 Å². The van der Waals surface area contributed by atoms with E-state index in [1.54, 1.807) is 72.8 Å². The second kappa shape index (κ2) is 14.1. The van der Waals surface area contributed by atoms with Gasteiger partial charge in [0.25, 0.3) is 11.8 Å². The maximum absolute atomic E-state index is 13.4. The molecule has 0 fully saturated rings. The number of methoxy groups -OCH3 is 2. The minimum Gasteiger partial charge on any atom is -0.497 e. The number of hydrogen-bond donors (Lipinski definition) is 3. The summed E-state index contributed by atoms with van der Waals surface area (Å²) in [6, 6.07) is 20.8. The molecular formula is C29H27N5O5S2. The summed E-state index contributed by atoms with van der Waals surface area (Å²) in [5.41, 5.74) is 1.45. The third kappa shape index (κ3) is 8.40. The maximum atomic E-state index is 13.4. The van der Waals surface area contributed by atoms with Crippen molar-refractivity contribution < 1.29 is 23.9 Å². The molecule has 0 aliphatic carbocycles. The first-order chi connectivity index (χ1) is 19.8. The van der Waals surface area contributed by atoms with Crippen LogP contribution in [0.3, 0.4) is 0 Å². The van der Waals surface area contributed by atoms with Gasteiger partial charge in [-0.15, -0.1) is 22.0 Å². The standard InChI is InChI=1S/C29H27N5O5S2/c1-18-33-34-29(41-18)32-26(35)17-40-23-12-9-21(10-13-23)30-28(37)24(31-27(36)19-7-5-4-6-8-19)16-20-15-22(38-2)11-14-25(20)39-3/h4-16H,17H2,1-3H3,(H,30,37)(H,31,36)(H,32,34,35)/b24-16-. The molecule has 0 saturated carbocycles. The molecule has 4 aromatic rings. The van der Waals surface area contributed by atoms with Crippen LogP contribution in [0, 0.1) is 6.92 Å². The van der Waals surface area contributed by atoms with E-state index in [-0.39, 0.29) is 17.4 Å². The van der Waals surface area contributed by atoms with Gasteiger partial charge in [-0.3, -0.25) is 19.7 Å². The monoisotopic (exact) mass is 589 g/mol. The van der Waals surface area contributed by atoms with Crippen molar-refractivity contribution in [1.29, 1.82) is 0 Å². The summed E-state index contributed by atoms with van der Waals surface area (Å²) in [5.74, 6) is 0.0721. The predicted octanol–water partition coefficient (Wildman–Crippen LogP) is 5.00. The summed E-state index contributed by atoms with van der Waals surface area (Å²) < 4.78 is 10.8. The fourth-order valence-corrected chi connectivity index (χ4v) is 4.84. The Morgan fingerprint density at radius 1 is 0.927 bits per heavy atom. The van der Waals surface area contributed by atoms with Crippen LogP contribution in [0.15, 0.2) is 83.4 Å². The highest BCUT2D eigenvalue weighted by molar-refractivity contribution is 8.00. The number of benzene rings is 3. The summed E-state index contributed by atoms with van der Waals surface area (Å²) in [7, 11) is 3.05. The van der Waals surface area contributed by atoms with Gasteiger partial charge in [0.05, 0.1) is 20.0 Å². The number of carbonyl (C=O) groups is 3. The molecule has 0 spiro atoms. The molecule has 210 valence electrons. The van der Waals surface area contributed by atoms with Gasteiger partial charge in [-0.25, -0.2) is 0 Å². The van der Waals surface area contributed by atoms with Crippen LogP contribution >= 0.6 is 23.1 Å². The molecule has 3 aromatic carbocycles. The first-order valence-electron chi connectivity index (χ1n) is 12.3. The smallest absolute Gasteiger partial charge is 0.272 e. The second-order valence-electron chi connectivity index (χ2n) is 8.43. The van der Waals surface area contributed by atoms with Gasteiger partial charge >= 0.3 is 0 Å². The minimum atomic E-state index is -0.536. The van der Waals surface area contributed by atoms with Crippen LogP contribution in [0.25, 0.3) is 6.08 Å². The van der Waals surface area contributed by atoms with E-state index in [4.69, 9.17) is 9.47 Å².